The van der Waals surface area contributed by atoms with Crippen molar-refractivity contribution in [1.82, 2.24) is 10.2 Å². The van der Waals surface area contributed by atoms with Crippen LogP contribution in [0.2, 0.25) is 5.02 Å². The van der Waals surface area contributed by atoms with Gasteiger partial charge in [-0.3, -0.25) is 4.90 Å². The number of halogens is 1. The Morgan fingerprint density at radius 1 is 1.12 bits per heavy atom. The maximum atomic E-state index is 13.1. The average molecular weight is 471 g/mol. The van der Waals surface area contributed by atoms with Crippen LogP contribution in [-0.4, -0.2) is 36.7 Å². The van der Waals surface area contributed by atoms with Gasteiger partial charge < -0.3 is 14.8 Å². The van der Waals surface area contributed by atoms with Gasteiger partial charge in [-0.1, -0.05) is 62.7 Å². The number of esters is 1. The number of nitrogens with one attached hydrogen (secondary N) is 1. The molecule has 0 saturated heterocycles. The summed E-state index contributed by atoms with van der Waals surface area (Å²) < 4.78 is 11.3. The van der Waals surface area contributed by atoms with Gasteiger partial charge in [-0.05, 0) is 48.6 Å². The van der Waals surface area contributed by atoms with Gasteiger partial charge in [0.25, 0.3) is 0 Å². The van der Waals surface area contributed by atoms with Crippen molar-refractivity contribution < 1.29 is 19.1 Å². The van der Waals surface area contributed by atoms with Crippen LogP contribution < -0.4 is 10.1 Å². The number of urea groups is 1. The van der Waals surface area contributed by atoms with Gasteiger partial charge in [-0.15, -0.1) is 0 Å². The van der Waals surface area contributed by atoms with Crippen molar-refractivity contribution in [2.45, 2.75) is 46.1 Å². The highest BCUT2D eigenvalue weighted by molar-refractivity contribution is 6.30. The topological polar surface area (TPSA) is 67.9 Å². The molecule has 3 rings (SSSR count). The molecular formula is C26H31ClN2O4. The fourth-order valence-corrected chi connectivity index (χ4v) is 3.96. The minimum absolute atomic E-state index is 0.0108. The minimum Gasteiger partial charge on any atom is -0.487 e. The summed E-state index contributed by atoms with van der Waals surface area (Å²) in [6.07, 6.45) is 0. The molecule has 0 bridgehead atoms. The Hall–Kier alpha value is -2.99. The molecule has 2 amide bonds. The van der Waals surface area contributed by atoms with Crippen molar-refractivity contribution in [3.05, 3.63) is 76.0 Å². The second-order valence-electron chi connectivity index (χ2n) is 8.83. The summed E-state index contributed by atoms with van der Waals surface area (Å²) in [5.41, 5.74) is 2.79. The molecule has 7 heteroatoms. The van der Waals surface area contributed by atoms with E-state index in [2.05, 4.69) is 26.1 Å². The van der Waals surface area contributed by atoms with Crippen LogP contribution in [0.25, 0.3) is 0 Å². The first-order valence-corrected chi connectivity index (χ1v) is 11.5. The summed E-state index contributed by atoms with van der Waals surface area (Å²) in [7, 11) is 0. The lowest BCUT2D eigenvalue weighted by atomic mass is 9.85. The highest BCUT2D eigenvalue weighted by Gasteiger charge is 2.38. The number of rotatable bonds is 7. The molecule has 1 unspecified atom stereocenters. The molecule has 1 heterocycles. The van der Waals surface area contributed by atoms with Crippen LogP contribution in [-0.2, 0) is 14.9 Å². The summed E-state index contributed by atoms with van der Waals surface area (Å²) in [4.78, 5) is 27.6. The molecule has 6 nitrogen and oxygen atoms in total. The first kappa shape index (κ1) is 24.6. The maximum absolute atomic E-state index is 13.1. The van der Waals surface area contributed by atoms with E-state index < -0.39 is 12.0 Å². The lowest BCUT2D eigenvalue weighted by Crippen LogP contribution is -2.49. The van der Waals surface area contributed by atoms with Gasteiger partial charge in [0, 0.05) is 11.6 Å². The van der Waals surface area contributed by atoms with Crippen molar-refractivity contribution in [2.24, 2.45) is 0 Å². The van der Waals surface area contributed by atoms with E-state index in [-0.39, 0.29) is 24.7 Å². The highest BCUT2D eigenvalue weighted by Crippen LogP contribution is 2.33. The molecule has 2 aromatic carbocycles. The number of hydrogen-bond donors (Lipinski definition) is 1. The van der Waals surface area contributed by atoms with Gasteiger partial charge >= 0.3 is 12.0 Å². The zero-order valence-corrected chi connectivity index (χ0v) is 20.5. The second kappa shape index (κ2) is 10.3. The van der Waals surface area contributed by atoms with E-state index in [1.54, 1.807) is 31.2 Å². The van der Waals surface area contributed by atoms with Gasteiger partial charge in [0.15, 0.2) is 0 Å². The molecule has 0 saturated carbocycles. The van der Waals surface area contributed by atoms with Crippen LogP contribution in [0.15, 0.2) is 59.8 Å². The fourth-order valence-electron chi connectivity index (χ4n) is 3.78. The zero-order chi connectivity index (χ0) is 24.2. The van der Waals surface area contributed by atoms with Gasteiger partial charge in [0.1, 0.15) is 12.4 Å². The van der Waals surface area contributed by atoms with Crippen LogP contribution in [0.3, 0.4) is 0 Å². The third-order valence-corrected chi connectivity index (χ3v) is 5.77. The molecule has 1 aliphatic heterocycles. The van der Waals surface area contributed by atoms with E-state index >= 15 is 0 Å². The Morgan fingerprint density at radius 2 is 1.82 bits per heavy atom. The molecule has 0 aromatic heterocycles. The molecular weight excluding hydrogens is 440 g/mol. The number of amides is 2. The lowest BCUT2D eigenvalue weighted by molar-refractivity contribution is -0.139. The smallest absolute Gasteiger partial charge is 0.338 e. The Bertz CT molecular complexity index is 1040. The summed E-state index contributed by atoms with van der Waals surface area (Å²) in [6, 6.07) is 14.0. The van der Waals surface area contributed by atoms with Gasteiger partial charge in [0.05, 0.1) is 23.9 Å². The first-order valence-electron chi connectivity index (χ1n) is 11.1. The number of ether oxygens (including phenoxy) is 2. The van der Waals surface area contributed by atoms with Crippen LogP contribution in [0.1, 0.15) is 51.8 Å². The Balaban J connectivity index is 2.06. The summed E-state index contributed by atoms with van der Waals surface area (Å²) in [5.74, 6) is 0.0665. The number of carbonyl (C=O) groups excluding carboxylic acids is 2. The molecule has 0 radical (unpaired) electrons. The van der Waals surface area contributed by atoms with Crippen molar-refractivity contribution in [2.75, 3.05) is 19.8 Å². The normalized spacial score (nSPS) is 16.5. The molecule has 1 atom stereocenters. The first-order chi connectivity index (χ1) is 15.7. The van der Waals surface area contributed by atoms with Crippen LogP contribution in [0.5, 0.6) is 5.75 Å². The average Bonchev–Trinajstić information content (AvgIpc) is 2.77. The van der Waals surface area contributed by atoms with Crippen LogP contribution in [0, 0.1) is 0 Å². The van der Waals surface area contributed by atoms with E-state index in [4.69, 9.17) is 21.1 Å². The third-order valence-electron chi connectivity index (χ3n) is 5.53. The summed E-state index contributed by atoms with van der Waals surface area (Å²) in [6.45, 7) is 10.6. The standard InChI is InChI=1S/C26H31ClN2O4/c1-6-29-21(16-33-20-10-8-9-19(27)15-20)22(24(30)32-7-2)23(28-25(29)31)17-11-13-18(14-12-17)26(3,4)5/h8-15,23H,6-7,16H2,1-5H3,(H,28,31). The van der Waals surface area contributed by atoms with Gasteiger partial charge in [-0.2, -0.15) is 0 Å². The number of hydrogen-bond acceptors (Lipinski definition) is 4. The molecule has 33 heavy (non-hydrogen) atoms. The molecule has 176 valence electrons. The van der Waals surface area contributed by atoms with Crippen LogP contribution in [0.4, 0.5) is 4.79 Å². The molecule has 0 fully saturated rings. The predicted molar refractivity (Wildman–Crippen MR) is 129 cm³/mol. The second-order valence-corrected chi connectivity index (χ2v) is 9.26. The van der Waals surface area contributed by atoms with E-state index in [0.29, 0.717) is 28.6 Å². The van der Waals surface area contributed by atoms with Gasteiger partial charge in [0.2, 0.25) is 0 Å². The Morgan fingerprint density at radius 3 is 2.39 bits per heavy atom. The molecule has 1 aliphatic rings. The SMILES string of the molecule is CCOC(=O)C1=C(COc2cccc(Cl)c2)N(CC)C(=O)NC1c1ccc(C(C)(C)C)cc1. The van der Waals surface area contributed by atoms with Crippen molar-refractivity contribution in [1.29, 1.82) is 0 Å². The number of nitrogens with zero attached hydrogens (tertiary/aromatic N) is 1. The molecule has 1 N–H and O–H groups in total. The van der Waals surface area contributed by atoms with Crippen LogP contribution >= 0.6 is 11.6 Å². The highest BCUT2D eigenvalue weighted by atomic mass is 35.5. The van der Waals surface area contributed by atoms with Crippen molar-refractivity contribution in [3.63, 3.8) is 0 Å². The number of carbonyl (C=O) groups is 2. The molecule has 0 spiro atoms. The monoisotopic (exact) mass is 470 g/mol. The number of benzene rings is 2. The number of likely N-dealkylation sites (N-methyl/N-ethyl adjacent to an activating group) is 1. The third kappa shape index (κ3) is 5.69. The molecule has 0 aliphatic carbocycles. The lowest BCUT2D eigenvalue weighted by Gasteiger charge is -2.36. The summed E-state index contributed by atoms with van der Waals surface area (Å²) in [5, 5.41) is 3.51. The van der Waals surface area contributed by atoms with Gasteiger partial charge in [-0.25, -0.2) is 9.59 Å². The fraction of sp³-hybridized carbons (Fsp3) is 0.385. The van der Waals surface area contributed by atoms with E-state index in [0.717, 1.165) is 11.1 Å². The van der Waals surface area contributed by atoms with E-state index in [9.17, 15) is 9.59 Å². The largest absolute Gasteiger partial charge is 0.487 e. The van der Waals surface area contributed by atoms with E-state index in [1.165, 1.54) is 4.90 Å². The minimum atomic E-state index is -0.647. The Kier molecular flexibility index (Phi) is 7.69. The van der Waals surface area contributed by atoms with Crippen molar-refractivity contribution >= 4 is 23.6 Å². The van der Waals surface area contributed by atoms with Crippen molar-refractivity contribution in [3.8, 4) is 5.75 Å². The zero-order valence-electron chi connectivity index (χ0n) is 19.8. The Labute approximate surface area is 200 Å². The van der Waals surface area contributed by atoms with E-state index in [1.807, 2.05) is 31.2 Å². The maximum Gasteiger partial charge on any atom is 0.338 e. The molecule has 2 aromatic rings. The quantitative estimate of drug-likeness (QED) is 0.533. The summed E-state index contributed by atoms with van der Waals surface area (Å²) >= 11 is 6.07. The predicted octanol–water partition coefficient (Wildman–Crippen LogP) is 5.62.